The number of hydrogen-bond acceptors (Lipinski definition) is 3. The summed E-state index contributed by atoms with van der Waals surface area (Å²) in [6, 6.07) is 0. The normalized spacial score (nSPS) is 33.8. The number of hydrogen-bond donors (Lipinski definition) is 1. The number of hydrazone groups is 1. The van der Waals surface area contributed by atoms with E-state index in [-0.39, 0.29) is 0 Å². The topological polar surface area (TPSA) is 50.7 Å². The van der Waals surface area contributed by atoms with Crippen molar-refractivity contribution in [3.63, 3.8) is 0 Å². The molecular formula is C9H14N2O2. The van der Waals surface area contributed by atoms with Crippen molar-refractivity contribution in [1.29, 1.82) is 0 Å². The fourth-order valence-electron chi connectivity index (χ4n) is 2.33. The van der Waals surface area contributed by atoms with Gasteiger partial charge in [0.05, 0.1) is 7.11 Å². The van der Waals surface area contributed by atoms with Crippen LogP contribution >= 0.6 is 0 Å². The van der Waals surface area contributed by atoms with Crippen molar-refractivity contribution >= 4 is 11.8 Å². The second-order valence-electron chi connectivity index (χ2n) is 3.79. The Morgan fingerprint density at radius 3 is 3.00 bits per heavy atom. The molecule has 1 amide bonds. The van der Waals surface area contributed by atoms with Crippen molar-refractivity contribution in [1.82, 2.24) is 5.43 Å². The maximum Gasteiger partial charge on any atom is 0.427 e. The maximum atomic E-state index is 10.7. The number of methoxy groups -OCH3 is 1. The Labute approximate surface area is 77.3 Å². The quantitative estimate of drug-likeness (QED) is 0.625. The number of fused-ring (bicyclic) bond motifs is 2. The van der Waals surface area contributed by atoms with Gasteiger partial charge in [0, 0.05) is 5.71 Å². The molecule has 0 radical (unpaired) electrons. The molecule has 2 rings (SSSR count). The van der Waals surface area contributed by atoms with Crippen molar-refractivity contribution in [3.05, 3.63) is 0 Å². The van der Waals surface area contributed by atoms with Gasteiger partial charge in [-0.1, -0.05) is 0 Å². The van der Waals surface area contributed by atoms with Gasteiger partial charge in [0.15, 0.2) is 0 Å². The number of amides is 1. The summed E-state index contributed by atoms with van der Waals surface area (Å²) in [7, 11) is 1.34. The molecule has 2 unspecified atom stereocenters. The zero-order chi connectivity index (χ0) is 9.26. The summed E-state index contributed by atoms with van der Waals surface area (Å²) >= 11 is 0. The van der Waals surface area contributed by atoms with E-state index in [1.807, 2.05) is 0 Å². The lowest BCUT2D eigenvalue weighted by Crippen LogP contribution is -2.21. The minimum atomic E-state index is -0.477. The zero-order valence-electron chi connectivity index (χ0n) is 7.75. The average molecular weight is 182 g/mol. The molecule has 4 heteroatoms. The maximum absolute atomic E-state index is 10.7. The van der Waals surface area contributed by atoms with Crippen LogP contribution in [0.4, 0.5) is 4.79 Å². The minimum Gasteiger partial charge on any atom is -0.452 e. The van der Waals surface area contributed by atoms with E-state index >= 15 is 0 Å². The molecule has 0 aliphatic heterocycles. The minimum absolute atomic E-state index is 0.477. The molecule has 2 aliphatic rings. The molecule has 1 N–H and O–H groups in total. The van der Waals surface area contributed by atoms with Crippen LogP contribution in [-0.4, -0.2) is 18.9 Å². The molecule has 4 nitrogen and oxygen atoms in total. The van der Waals surface area contributed by atoms with Gasteiger partial charge in [-0.3, -0.25) is 0 Å². The zero-order valence-corrected chi connectivity index (χ0v) is 7.75. The van der Waals surface area contributed by atoms with Crippen LogP contribution in [0, 0.1) is 11.8 Å². The predicted octanol–water partition coefficient (Wildman–Crippen LogP) is 1.52. The van der Waals surface area contributed by atoms with Gasteiger partial charge in [-0.2, -0.15) is 5.10 Å². The van der Waals surface area contributed by atoms with E-state index in [1.165, 1.54) is 26.4 Å². The molecule has 0 aromatic carbocycles. The fraction of sp³-hybridized carbons (Fsp3) is 0.778. The van der Waals surface area contributed by atoms with E-state index in [0.29, 0.717) is 5.92 Å². The smallest absolute Gasteiger partial charge is 0.427 e. The lowest BCUT2D eigenvalue weighted by Gasteiger charge is -2.11. The van der Waals surface area contributed by atoms with Gasteiger partial charge in [-0.05, 0) is 37.5 Å². The van der Waals surface area contributed by atoms with Crippen LogP contribution < -0.4 is 5.43 Å². The molecule has 0 aromatic heterocycles. The van der Waals surface area contributed by atoms with Gasteiger partial charge in [0.2, 0.25) is 0 Å². The summed E-state index contributed by atoms with van der Waals surface area (Å²) in [6.07, 6.45) is 4.43. The van der Waals surface area contributed by atoms with E-state index in [9.17, 15) is 4.79 Å². The molecule has 0 saturated heterocycles. The summed E-state index contributed by atoms with van der Waals surface area (Å²) < 4.78 is 4.43. The standard InChI is InChI=1S/C9H14N2O2/c1-13-9(12)11-10-8-5-6-2-3-7(8)4-6/h6-7H,2-5H2,1H3,(H,11,12). The van der Waals surface area contributed by atoms with Crippen LogP contribution in [0.1, 0.15) is 25.7 Å². The van der Waals surface area contributed by atoms with Crippen molar-refractivity contribution in [2.45, 2.75) is 25.7 Å². The van der Waals surface area contributed by atoms with Crippen LogP contribution in [0.2, 0.25) is 0 Å². The van der Waals surface area contributed by atoms with Gasteiger partial charge in [0.1, 0.15) is 0 Å². The van der Waals surface area contributed by atoms with Crippen LogP contribution in [0.3, 0.4) is 0 Å². The SMILES string of the molecule is COC(=O)NN=C1CC2CCC1C2. The third-order valence-electron chi connectivity index (χ3n) is 2.99. The number of carbonyl (C=O) groups excluding carboxylic acids is 1. The van der Waals surface area contributed by atoms with Crippen molar-refractivity contribution < 1.29 is 9.53 Å². The van der Waals surface area contributed by atoms with Gasteiger partial charge < -0.3 is 4.74 Å². The van der Waals surface area contributed by atoms with Gasteiger partial charge in [-0.25, -0.2) is 10.2 Å². The van der Waals surface area contributed by atoms with Crippen LogP contribution in [-0.2, 0) is 4.74 Å². The molecule has 2 atom stereocenters. The second-order valence-corrected chi connectivity index (χ2v) is 3.79. The molecule has 2 fully saturated rings. The number of ether oxygens (including phenoxy) is 1. The summed E-state index contributed by atoms with van der Waals surface area (Å²) in [4.78, 5) is 10.7. The van der Waals surface area contributed by atoms with Crippen LogP contribution in [0.5, 0.6) is 0 Å². The third kappa shape index (κ3) is 1.66. The highest BCUT2D eigenvalue weighted by Crippen LogP contribution is 2.42. The summed E-state index contributed by atoms with van der Waals surface area (Å²) in [5.74, 6) is 1.45. The lowest BCUT2D eigenvalue weighted by molar-refractivity contribution is 0.171. The largest absolute Gasteiger partial charge is 0.452 e. The fourth-order valence-corrected chi connectivity index (χ4v) is 2.33. The Bertz CT molecular complexity index is 250. The Hall–Kier alpha value is -1.06. The number of rotatable bonds is 1. The first-order chi connectivity index (χ1) is 6.29. The van der Waals surface area contributed by atoms with Crippen LogP contribution in [0.25, 0.3) is 0 Å². The first-order valence-electron chi connectivity index (χ1n) is 4.70. The molecule has 0 aromatic rings. The van der Waals surface area contributed by atoms with E-state index < -0.39 is 6.09 Å². The van der Waals surface area contributed by atoms with E-state index in [4.69, 9.17) is 0 Å². The molecule has 72 valence electrons. The number of nitrogens with one attached hydrogen (secondary N) is 1. The van der Waals surface area contributed by atoms with E-state index in [2.05, 4.69) is 15.3 Å². The highest BCUT2D eigenvalue weighted by atomic mass is 16.5. The Morgan fingerprint density at radius 1 is 1.62 bits per heavy atom. The average Bonchev–Trinajstić information content (AvgIpc) is 2.74. The van der Waals surface area contributed by atoms with Gasteiger partial charge in [-0.15, -0.1) is 0 Å². The molecule has 0 heterocycles. The Kier molecular flexibility index (Phi) is 2.20. The predicted molar refractivity (Wildman–Crippen MR) is 48.4 cm³/mol. The molecule has 2 bridgehead atoms. The number of carbonyl (C=O) groups is 1. The summed E-state index contributed by atoms with van der Waals surface area (Å²) in [6.45, 7) is 0. The van der Waals surface area contributed by atoms with Crippen molar-refractivity contribution in [2.24, 2.45) is 16.9 Å². The first kappa shape index (κ1) is 8.53. The second kappa shape index (κ2) is 3.36. The first-order valence-corrected chi connectivity index (χ1v) is 4.70. The van der Waals surface area contributed by atoms with Gasteiger partial charge in [0.25, 0.3) is 0 Å². The molecule has 2 saturated carbocycles. The van der Waals surface area contributed by atoms with Crippen LogP contribution in [0.15, 0.2) is 5.10 Å². The molecule has 2 aliphatic carbocycles. The summed E-state index contributed by atoms with van der Waals surface area (Å²) in [5.41, 5.74) is 3.54. The Balaban J connectivity index is 1.91. The van der Waals surface area contributed by atoms with E-state index in [1.54, 1.807) is 0 Å². The number of nitrogens with zero attached hydrogens (tertiary/aromatic N) is 1. The highest BCUT2D eigenvalue weighted by molar-refractivity contribution is 5.90. The van der Waals surface area contributed by atoms with Gasteiger partial charge >= 0.3 is 6.09 Å². The summed E-state index contributed by atoms with van der Waals surface area (Å²) in [5, 5.41) is 4.07. The van der Waals surface area contributed by atoms with Crippen molar-refractivity contribution in [2.75, 3.05) is 7.11 Å². The molecule has 13 heavy (non-hydrogen) atoms. The lowest BCUT2D eigenvalue weighted by atomic mass is 9.99. The molecule has 0 spiro atoms. The monoisotopic (exact) mass is 182 g/mol. The third-order valence-corrected chi connectivity index (χ3v) is 2.99. The van der Waals surface area contributed by atoms with E-state index in [0.717, 1.165) is 18.1 Å². The highest BCUT2D eigenvalue weighted by Gasteiger charge is 2.36. The van der Waals surface area contributed by atoms with Crippen molar-refractivity contribution in [3.8, 4) is 0 Å². The Morgan fingerprint density at radius 2 is 2.46 bits per heavy atom. The molecular weight excluding hydrogens is 168 g/mol.